The van der Waals surface area contributed by atoms with Crippen LogP contribution in [0.2, 0.25) is 0 Å². The van der Waals surface area contributed by atoms with Gasteiger partial charge in [0.15, 0.2) is 0 Å². The number of allylic oxidation sites excluding steroid dienone is 6. The van der Waals surface area contributed by atoms with Gasteiger partial charge in [0.05, 0.1) is 0 Å². The van der Waals surface area contributed by atoms with Gasteiger partial charge in [-0.2, -0.15) is 0 Å². The van der Waals surface area contributed by atoms with Crippen molar-refractivity contribution >= 4 is 0 Å². The van der Waals surface area contributed by atoms with Crippen molar-refractivity contribution in [2.75, 3.05) is 0 Å². The fourth-order valence-corrected chi connectivity index (χ4v) is 1.36. The molecule has 0 saturated carbocycles. The second kappa shape index (κ2) is 7.85. The van der Waals surface area contributed by atoms with Gasteiger partial charge >= 0.3 is 0 Å². The van der Waals surface area contributed by atoms with Crippen LogP contribution >= 0.6 is 0 Å². The van der Waals surface area contributed by atoms with Crippen molar-refractivity contribution in [3.8, 4) is 0 Å². The van der Waals surface area contributed by atoms with Crippen molar-refractivity contribution < 1.29 is 0 Å². The quantitative estimate of drug-likeness (QED) is 0.517. The Morgan fingerprint density at radius 3 is 2.00 bits per heavy atom. The Morgan fingerprint density at radius 1 is 0.538 bits per heavy atom. The minimum absolute atomic E-state index is 1.16. The van der Waals surface area contributed by atoms with Gasteiger partial charge < -0.3 is 0 Å². The summed E-state index contributed by atoms with van der Waals surface area (Å²) >= 11 is 0. The highest BCUT2D eigenvalue weighted by molar-refractivity contribution is 5.04. The van der Waals surface area contributed by atoms with Crippen LogP contribution in [0.5, 0.6) is 0 Å². The van der Waals surface area contributed by atoms with Gasteiger partial charge in [-0.1, -0.05) is 42.9 Å². The van der Waals surface area contributed by atoms with E-state index < -0.39 is 0 Å². The predicted molar refractivity (Wildman–Crippen MR) is 59.4 cm³/mol. The zero-order valence-corrected chi connectivity index (χ0v) is 8.28. The summed E-state index contributed by atoms with van der Waals surface area (Å²) in [6.45, 7) is 0. The molecule has 0 aromatic heterocycles. The topological polar surface area (TPSA) is 0 Å². The Labute approximate surface area is 82.0 Å². The second-order valence-corrected chi connectivity index (χ2v) is 3.38. The van der Waals surface area contributed by atoms with E-state index in [2.05, 4.69) is 42.9 Å². The van der Waals surface area contributed by atoms with E-state index in [1.807, 2.05) is 0 Å². The third kappa shape index (κ3) is 6.39. The summed E-state index contributed by atoms with van der Waals surface area (Å²) in [5.74, 6) is 0. The van der Waals surface area contributed by atoms with Crippen LogP contribution in [0.3, 0.4) is 0 Å². The first-order valence-electron chi connectivity index (χ1n) is 5.30. The molecule has 71 valence electrons. The number of hydrogen-bond donors (Lipinski definition) is 0. The smallest absolute Gasteiger partial charge is 0.0171 e. The van der Waals surface area contributed by atoms with Crippen molar-refractivity contribution in [1.82, 2.24) is 0 Å². The molecule has 0 bridgehead atoms. The lowest BCUT2D eigenvalue weighted by atomic mass is 10.1. The van der Waals surface area contributed by atoms with Crippen LogP contribution < -0.4 is 0 Å². The highest BCUT2D eigenvalue weighted by atomic mass is 13.9. The Morgan fingerprint density at radius 2 is 1.15 bits per heavy atom. The molecule has 0 N–H and O–H groups in total. The van der Waals surface area contributed by atoms with E-state index >= 15 is 0 Å². The Hall–Kier alpha value is -0.780. The molecular formula is C13H19. The van der Waals surface area contributed by atoms with Crippen LogP contribution in [0.25, 0.3) is 0 Å². The normalized spacial score (nSPS) is 27.7. The summed E-state index contributed by atoms with van der Waals surface area (Å²) in [5, 5.41) is 0. The molecule has 0 unspecified atom stereocenters. The minimum atomic E-state index is 1.16. The summed E-state index contributed by atoms with van der Waals surface area (Å²) < 4.78 is 0. The van der Waals surface area contributed by atoms with Crippen LogP contribution in [0.4, 0.5) is 0 Å². The first-order valence-corrected chi connectivity index (χ1v) is 5.30. The van der Waals surface area contributed by atoms with Gasteiger partial charge in [0.2, 0.25) is 0 Å². The molecule has 0 heteroatoms. The Bertz CT molecular complexity index is 184. The zero-order chi connectivity index (χ0) is 9.19. The molecule has 0 nitrogen and oxygen atoms in total. The number of rotatable bonds is 0. The molecule has 1 rings (SSSR count). The summed E-state index contributed by atoms with van der Waals surface area (Å²) in [6.07, 6.45) is 23.0. The zero-order valence-electron chi connectivity index (χ0n) is 8.28. The van der Waals surface area contributed by atoms with Crippen molar-refractivity contribution in [2.24, 2.45) is 0 Å². The second-order valence-electron chi connectivity index (χ2n) is 3.38. The van der Waals surface area contributed by atoms with Crippen LogP contribution in [-0.2, 0) is 0 Å². The van der Waals surface area contributed by atoms with Crippen LogP contribution in [0.1, 0.15) is 38.5 Å². The van der Waals surface area contributed by atoms with Gasteiger partial charge in [-0.15, -0.1) is 0 Å². The lowest BCUT2D eigenvalue weighted by Crippen LogP contribution is -1.75. The van der Waals surface area contributed by atoms with Gasteiger partial charge in [0, 0.05) is 0 Å². The van der Waals surface area contributed by atoms with Gasteiger partial charge in [0.1, 0.15) is 0 Å². The van der Waals surface area contributed by atoms with E-state index in [4.69, 9.17) is 0 Å². The highest BCUT2D eigenvalue weighted by Gasteiger charge is 1.86. The molecular weight excluding hydrogens is 156 g/mol. The van der Waals surface area contributed by atoms with E-state index in [0.717, 1.165) is 6.42 Å². The van der Waals surface area contributed by atoms with Crippen molar-refractivity contribution in [3.63, 3.8) is 0 Å². The monoisotopic (exact) mass is 175 g/mol. The van der Waals surface area contributed by atoms with Gasteiger partial charge in [0.25, 0.3) is 0 Å². The predicted octanol–water partition coefficient (Wildman–Crippen LogP) is 4.21. The summed E-state index contributed by atoms with van der Waals surface area (Å²) in [6, 6.07) is 0. The molecule has 0 heterocycles. The standard InChI is InChI=1S/C13H19/c1-2-4-6-8-10-12-13-11-9-7-5-3-1/h1-4,9,11,13H,5-8,10,12H2/b3-1-,4-2+,11-9+. The van der Waals surface area contributed by atoms with Crippen molar-refractivity contribution in [3.05, 3.63) is 42.9 Å². The maximum atomic E-state index is 2.28. The van der Waals surface area contributed by atoms with E-state index in [1.165, 1.54) is 32.1 Å². The molecule has 13 heavy (non-hydrogen) atoms. The first kappa shape index (κ1) is 10.3. The molecule has 0 aliphatic heterocycles. The molecule has 1 aliphatic rings. The van der Waals surface area contributed by atoms with E-state index in [1.54, 1.807) is 0 Å². The van der Waals surface area contributed by atoms with Crippen LogP contribution in [-0.4, -0.2) is 0 Å². The van der Waals surface area contributed by atoms with E-state index in [9.17, 15) is 0 Å². The molecule has 0 fully saturated rings. The van der Waals surface area contributed by atoms with Crippen LogP contribution in [0.15, 0.2) is 36.5 Å². The lowest BCUT2D eigenvalue weighted by Gasteiger charge is -1.93. The molecule has 0 amide bonds. The fourth-order valence-electron chi connectivity index (χ4n) is 1.36. The van der Waals surface area contributed by atoms with E-state index in [-0.39, 0.29) is 0 Å². The Kier molecular flexibility index (Phi) is 6.22. The molecule has 0 saturated heterocycles. The molecule has 0 atom stereocenters. The third-order valence-electron chi connectivity index (χ3n) is 2.15. The summed E-state index contributed by atoms with van der Waals surface area (Å²) in [4.78, 5) is 0. The first-order chi connectivity index (χ1) is 6.50. The SMILES string of the molecule is [CH]1/C=C/CC/C=C\C=C\CCCC1. The molecule has 1 aliphatic carbocycles. The van der Waals surface area contributed by atoms with Gasteiger partial charge in [-0.25, -0.2) is 0 Å². The molecule has 0 aromatic carbocycles. The average molecular weight is 175 g/mol. The van der Waals surface area contributed by atoms with Gasteiger partial charge in [-0.3, -0.25) is 0 Å². The third-order valence-corrected chi connectivity index (χ3v) is 2.15. The van der Waals surface area contributed by atoms with Crippen LogP contribution in [0, 0.1) is 6.42 Å². The van der Waals surface area contributed by atoms with Gasteiger partial charge in [-0.05, 0) is 38.5 Å². The summed E-state index contributed by atoms with van der Waals surface area (Å²) in [5.41, 5.74) is 0. The number of hydrogen-bond acceptors (Lipinski definition) is 0. The molecule has 0 spiro atoms. The average Bonchev–Trinajstić information content (AvgIpc) is 2.18. The summed E-state index contributed by atoms with van der Waals surface area (Å²) in [7, 11) is 0. The minimum Gasteiger partial charge on any atom is -0.0879 e. The molecule has 0 aromatic rings. The largest absolute Gasteiger partial charge is 0.0879 e. The fraction of sp³-hybridized carbons (Fsp3) is 0.462. The van der Waals surface area contributed by atoms with E-state index in [0.29, 0.717) is 0 Å². The van der Waals surface area contributed by atoms with Crippen molar-refractivity contribution in [2.45, 2.75) is 38.5 Å². The highest BCUT2D eigenvalue weighted by Crippen LogP contribution is 2.05. The maximum absolute atomic E-state index is 2.28. The lowest BCUT2D eigenvalue weighted by molar-refractivity contribution is 0.747. The van der Waals surface area contributed by atoms with Crippen molar-refractivity contribution in [1.29, 1.82) is 0 Å². The Balaban J connectivity index is 2.28. The maximum Gasteiger partial charge on any atom is -0.0171 e. The molecule has 1 radical (unpaired) electrons.